The average Bonchev–Trinajstić information content (AvgIpc) is 3.65. The summed E-state index contributed by atoms with van der Waals surface area (Å²) in [7, 11) is 0. The Morgan fingerprint density at radius 3 is 2.05 bits per heavy atom. The average molecular weight is 775 g/mol. The number of carbonyl (C=O) groups excluding carboxylic acids is 3. The molecule has 1 fully saturated rings. The van der Waals surface area contributed by atoms with Gasteiger partial charge in [0.25, 0.3) is 5.91 Å². The molecule has 0 spiro atoms. The lowest BCUT2D eigenvalue weighted by Crippen LogP contribution is -2.59. The zero-order chi connectivity index (χ0) is 40.2. The van der Waals surface area contributed by atoms with Crippen LogP contribution in [0.2, 0.25) is 0 Å². The number of hydrogen-bond donors (Lipinski definition) is 1. The molecule has 1 atom stereocenters. The van der Waals surface area contributed by atoms with Crippen LogP contribution in [0.3, 0.4) is 0 Å². The second-order valence-corrected chi connectivity index (χ2v) is 17.7. The Balaban J connectivity index is 1.13. The van der Waals surface area contributed by atoms with E-state index in [1.807, 2.05) is 69.3 Å². The monoisotopic (exact) mass is 774 g/mol. The highest BCUT2D eigenvalue weighted by Crippen LogP contribution is 2.31. The molecule has 2 amide bonds. The zero-order valence-electron chi connectivity index (χ0n) is 33.3. The van der Waals surface area contributed by atoms with Crippen molar-refractivity contribution in [2.24, 2.45) is 5.92 Å². The molecule has 1 aliphatic heterocycles. The number of aromatic nitrogens is 2. The van der Waals surface area contributed by atoms with Gasteiger partial charge >= 0.3 is 5.97 Å². The van der Waals surface area contributed by atoms with Crippen molar-refractivity contribution in [2.45, 2.75) is 91.2 Å². The maximum atomic E-state index is 15.4. The molecule has 1 N–H and O–H groups in total. The largest absolute Gasteiger partial charge is 0.460 e. The number of halogens is 1. The molecule has 1 aliphatic rings. The van der Waals surface area contributed by atoms with Gasteiger partial charge in [-0.15, -0.1) is 11.3 Å². The van der Waals surface area contributed by atoms with E-state index in [-0.39, 0.29) is 48.5 Å². The molecule has 292 valence electrons. The lowest BCUT2D eigenvalue weighted by Gasteiger charge is -2.40. The molecule has 5 aromatic rings. The summed E-state index contributed by atoms with van der Waals surface area (Å²) in [6, 6.07) is 23.9. The van der Waals surface area contributed by atoms with Crippen LogP contribution in [0.15, 0.2) is 91.3 Å². The summed E-state index contributed by atoms with van der Waals surface area (Å²) in [5, 5.41) is 2.98. The summed E-state index contributed by atoms with van der Waals surface area (Å²) in [4.78, 5) is 52.2. The molecule has 0 saturated carbocycles. The summed E-state index contributed by atoms with van der Waals surface area (Å²) in [5.74, 6) is -1.18. The molecule has 3 aromatic carbocycles. The number of aryl methyl sites for hydroxylation is 1. The molecule has 3 heterocycles. The van der Waals surface area contributed by atoms with Crippen LogP contribution < -0.4 is 5.32 Å². The third-order valence-corrected chi connectivity index (χ3v) is 11.3. The predicted octanol–water partition coefficient (Wildman–Crippen LogP) is 9.46. The highest BCUT2D eigenvalue weighted by atomic mass is 32.1. The number of amides is 2. The van der Waals surface area contributed by atoms with E-state index in [9.17, 15) is 14.4 Å². The minimum absolute atomic E-state index is 0.110. The SMILES string of the molecule is CCCCc1ccc(-c2ccc(-c3cnc(-c4ccc(CC(NC(=O)c5ccc(C(C)(C)C)s5)C(=O)N5CC(C(=O)OC(C)(C)C)C5)cc4)nc3)c(F)c2)cc1. The molecular formula is C46H51FN4O4S. The van der Waals surface area contributed by atoms with Gasteiger partial charge in [0.05, 0.1) is 10.8 Å². The van der Waals surface area contributed by atoms with E-state index >= 15 is 4.39 Å². The maximum absolute atomic E-state index is 15.4. The fourth-order valence-electron chi connectivity index (χ4n) is 6.52. The van der Waals surface area contributed by atoms with Gasteiger partial charge in [0, 0.05) is 53.5 Å². The standard InChI is InChI=1S/C46H51FN4O4S/c1-8-9-10-29-11-15-31(16-12-29)33-19-20-36(37(47)24-33)34-25-48-41(49-26-34)32-17-13-30(14-18-32)23-38(50-42(52)39-21-22-40(56-39)45(2,3)4)43(53)51-27-35(28-51)44(54)55-46(5,6)7/h11-22,24-26,35,38H,8-10,23,27-28H2,1-7H3,(H,50,52). The van der Waals surface area contributed by atoms with Crippen molar-refractivity contribution in [1.82, 2.24) is 20.2 Å². The number of likely N-dealkylation sites (tertiary alicyclic amines) is 1. The van der Waals surface area contributed by atoms with Crippen molar-refractivity contribution < 1.29 is 23.5 Å². The van der Waals surface area contributed by atoms with Crippen molar-refractivity contribution in [3.63, 3.8) is 0 Å². The molecule has 2 aromatic heterocycles. The van der Waals surface area contributed by atoms with E-state index in [0.717, 1.165) is 46.4 Å². The first-order valence-corrected chi connectivity index (χ1v) is 20.1. The first-order valence-electron chi connectivity index (χ1n) is 19.3. The minimum Gasteiger partial charge on any atom is -0.460 e. The normalized spacial score (nSPS) is 13.9. The molecule has 1 saturated heterocycles. The lowest BCUT2D eigenvalue weighted by atomic mass is 9.95. The molecule has 0 aliphatic carbocycles. The number of hydrogen-bond acceptors (Lipinski definition) is 7. The highest BCUT2D eigenvalue weighted by Gasteiger charge is 2.41. The number of thiophene rings is 1. The maximum Gasteiger partial charge on any atom is 0.313 e. The van der Waals surface area contributed by atoms with Crippen LogP contribution in [0.25, 0.3) is 33.6 Å². The second-order valence-electron chi connectivity index (χ2n) is 16.6. The van der Waals surface area contributed by atoms with Gasteiger partial charge < -0.3 is 15.0 Å². The highest BCUT2D eigenvalue weighted by molar-refractivity contribution is 7.14. The molecule has 6 rings (SSSR count). The predicted molar refractivity (Wildman–Crippen MR) is 221 cm³/mol. The van der Waals surface area contributed by atoms with Crippen molar-refractivity contribution in [1.29, 1.82) is 0 Å². The number of esters is 1. The zero-order valence-corrected chi connectivity index (χ0v) is 34.1. The number of benzene rings is 3. The van der Waals surface area contributed by atoms with E-state index in [0.29, 0.717) is 21.8 Å². The Morgan fingerprint density at radius 2 is 1.46 bits per heavy atom. The summed E-state index contributed by atoms with van der Waals surface area (Å²) >= 11 is 1.41. The Labute approximate surface area is 333 Å². The Morgan fingerprint density at radius 1 is 0.839 bits per heavy atom. The second kappa shape index (κ2) is 16.9. The van der Waals surface area contributed by atoms with E-state index < -0.39 is 17.6 Å². The van der Waals surface area contributed by atoms with Gasteiger partial charge in [0.15, 0.2) is 5.82 Å². The van der Waals surface area contributed by atoms with E-state index in [2.05, 4.69) is 55.1 Å². The van der Waals surface area contributed by atoms with Crippen LogP contribution in [-0.2, 0) is 32.6 Å². The van der Waals surface area contributed by atoms with E-state index in [4.69, 9.17) is 4.74 Å². The number of nitrogens with one attached hydrogen (secondary N) is 1. The van der Waals surface area contributed by atoms with Crippen molar-refractivity contribution in [3.8, 4) is 33.6 Å². The van der Waals surface area contributed by atoms with E-state index in [1.54, 1.807) is 35.5 Å². The molecule has 56 heavy (non-hydrogen) atoms. The van der Waals surface area contributed by atoms with Crippen LogP contribution in [-0.4, -0.2) is 57.4 Å². The fourth-order valence-corrected chi connectivity index (χ4v) is 7.49. The molecular weight excluding hydrogens is 724 g/mol. The van der Waals surface area contributed by atoms with Gasteiger partial charge in [0.1, 0.15) is 17.5 Å². The Hall–Kier alpha value is -5.22. The number of rotatable bonds is 12. The number of unbranched alkanes of at least 4 members (excludes halogenated alkanes) is 1. The number of nitrogens with zero attached hydrogens (tertiary/aromatic N) is 3. The van der Waals surface area contributed by atoms with Crippen LogP contribution in [0.1, 0.15) is 87.0 Å². The Bertz CT molecular complexity index is 2160. The topological polar surface area (TPSA) is 101 Å². The first kappa shape index (κ1) is 40.4. The molecule has 0 bridgehead atoms. The van der Waals surface area contributed by atoms with Crippen LogP contribution in [0, 0.1) is 11.7 Å². The molecule has 10 heteroatoms. The van der Waals surface area contributed by atoms with Crippen molar-refractivity contribution in [2.75, 3.05) is 13.1 Å². The first-order chi connectivity index (χ1) is 26.6. The Kier molecular flexibility index (Phi) is 12.2. The third-order valence-electron chi connectivity index (χ3n) is 9.80. The van der Waals surface area contributed by atoms with Crippen LogP contribution >= 0.6 is 11.3 Å². The van der Waals surface area contributed by atoms with Gasteiger partial charge in [-0.3, -0.25) is 14.4 Å². The molecule has 1 unspecified atom stereocenters. The van der Waals surface area contributed by atoms with Gasteiger partial charge in [-0.05, 0) is 79.5 Å². The van der Waals surface area contributed by atoms with Crippen LogP contribution in [0.5, 0.6) is 0 Å². The lowest BCUT2D eigenvalue weighted by molar-refractivity contribution is -0.168. The van der Waals surface area contributed by atoms with Crippen LogP contribution in [0.4, 0.5) is 4.39 Å². The van der Waals surface area contributed by atoms with E-state index in [1.165, 1.54) is 16.9 Å². The van der Waals surface area contributed by atoms with Gasteiger partial charge in [0.2, 0.25) is 5.91 Å². The molecule has 8 nitrogen and oxygen atoms in total. The quantitative estimate of drug-likeness (QED) is 0.127. The number of carbonyl (C=O) groups is 3. The van der Waals surface area contributed by atoms with Gasteiger partial charge in [-0.1, -0.05) is 94.8 Å². The van der Waals surface area contributed by atoms with Gasteiger partial charge in [-0.2, -0.15) is 0 Å². The summed E-state index contributed by atoms with van der Waals surface area (Å²) in [5.41, 5.74) is 4.90. The fraction of sp³-hybridized carbons (Fsp3) is 0.370. The summed E-state index contributed by atoms with van der Waals surface area (Å²) in [6.07, 6.45) is 6.82. The third kappa shape index (κ3) is 9.95. The molecule has 0 radical (unpaired) electrons. The number of ether oxygens (including phenoxy) is 1. The van der Waals surface area contributed by atoms with Crippen molar-refractivity contribution >= 4 is 29.1 Å². The summed E-state index contributed by atoms with van der Waals surface area (Å²) < 4.78 is 20.9. The van der Waals surface area contributed by atoms with Crippen molar-refractivity contribution in [3.05, 3.63) is 118 Å². The minimum atomic E-state index is -0.852. The summed E-state index contributed by atoms with van der Waals surface area (Å²) in [6.45, 7) is 14.4. The van der Waals surface area contributed by atoms with Gasteiger partial charge in [-0.25, -0.2) is 14.4 Å². The smallest absolute Gasteiger partial charge is 0.313 e.